The Morgan fingerprint density at radius 3 is 2.70 bits per heavy atom. The summed E-state index contributed by atoms with van der Waals surface area (Å²) < 4.78 is 17.6. The highest BCUT2D eigenvalue weighted by Gasteiger charge is 2.19. The fraction of sp³-hybridized carbons (Fsp3) is 0.316. The van der Waals surface area contributed by atoms with Crippen LogP contribution in [0.15, 0.2) is 41.8 Å². The van der Waals surface area contributed by atoms with Crippen molar-refractivity contribution >= 4 is 23.4 Å². The third kappa shape index (κ3) is 4.00. The molecule has 3 rings (SSSR count). The van der Waals surface area contributed by atoms with E-state index < -0.39 is 0 Å². The Bertz CT molecular complexity index is 957. The third-order valence-corrected chi connectivity index (χ3v) is 4.98. The van der Waals surface area contributed by atoms with Crippen molar-refractivity contribution in [2.75, 3.05) is 20.8 Å². The maximum Gasteiger partial charge on any atom is 0.319 e. The molecular formula is C19H21N3O4S. The van der Waals surface area contributed by atoms with Gasteiger partial charge in [-0.15, -0.1) is 0 Å². The van der Waals surface area contributed by atoms with E-state index in [1.807, 2.05) is 34.9 Å². The Labute approximate surface area is 161 Å². The van der Waals surface area contributed by atoms with E-state index in [1.165, 1.54) is 11.8 Å². The molecule has 2 aromatic heterocycles. The number of rotatable bonds is 7. The van der Waals surface area contributed by atoms with Gasteiger partial charge in [0.1, 0.15) is 10.9 Å². The molecule has 0 saturated carbocycles. The summed E-state index contributed by atoms with van der Waals surface area (Å²) in [6.07, 6.45) is 3.52. The second-order valence-corrected chi connectivity index (χ2v) is 6.97. The SMILES string of the molecule is CCOC(=O)C(C)Sc1nc(-c2ccc(OC)c(OC)c2)cc2nccn12. The molecule has 0 spiro atoms. The van der Waals surface area contributed by atoms with Crippen LogP contribution >= 0.6 is 11.8 Å². The topological polar surface area (TPSA) is 75.0 Å². The van der Waals surface area contributed by atoms with Gasteiger partial charge in [-0.1, -0.05) is 11.8 Å². The van der Waals surface area contributed by atoms with Crippen molar-refractivity contribution in [3.63, 3.8) is 0 Å². The maximum absolute atomic E-state index is 12.0. The number of imidazole rings is 1. The number of benzene rings is 1. The molecule has 0 aliphatic heterocycles. The first-order chi connectivity index (χ1) is 13.1. The van der Waals surface area contributed by atoms with Gasteiger partial charge in [0.05, 0.1) is 26.5 Å². The quantitative estimate of drug-likeness (QED) is 0.349. The Kier molecular flexibility index (Phi) is 5.85. The van der Waals surface area contributed by atoms with E-state index in [4.69, 9.17) is 19.2 Å². The van der Waals surface area contributed by atoms with Gasteiger partial charge in [-0.2, -0.15) is 0 Å². The predicted molar refractivity (Wildman–Crippen MR) is 103 cm³/mol. The van der Waals surface area contributed by atoms with Crippen LogP contribution < -0.4 is 9.47 Å². The van der Waals surface area contributed by atoms with Crippen LogP contribution in [0.2, 0.25) is 0 Å². The van der Waals surface area contributed by atoms with Crippen molar-refractivity contribution in [3.05, 3.63) is 36.7 Å². The molecule has 0 saturated heterocycles. The molecule has 3 aromatic rings. The first kappa shape index (κ1) is 19.0. The van der Waals surface area contributed by atoms with Crippen LogP contribution in [-0.2, 0) is 9.53 Å². The molecule has 27 heavy (non-hydrogen) atoms. The predicted octanol–water partition coefficient (Wildman–Crippen LogP) is 3.46. The molecule has 7 nitrogen and oxygen atoms in total. The van der Waals surface area contributed by atoms with E-state index >= 15 is 0 Å². The second-order valence-electron chi connectivity index (χ2n) is 5.66. The standard InChI is InChI=1S/C19H21N3O4S/c1-5-26-18(23)12(2)27-19-21-14(11-17-20-8-9-22(17)19)13-6-7-15(24-3)16(10-13)25-4/h6-12H,5H2,1-4H3. The Morgan fingerprint density at radius 1 is 1.22 bits per heavy atom. The van der Waals surface area contributed by atoms with Gasteiger partial charge in [0.2, 0.25) is 0 Å². The molecule has 0 fully saturated rings. The highest BCUT2D eigenvalue weighted by molar-refractivity contribution is 8.00. The average Bonchev–Trinajstić information content (AvgIpc) is 3.16. The van der Waals surface area contributed by atoms with E-state index in [9.17, 15) is 4.79 Å². The summed E-state index contributed by atoms with van der Waals surface area (Å²) in [5.74, 6) is 0.997. The van der Waals surface area contributed by atoms with Crippen LogP contribution in [0.5, 0.6) is 11.5 Å². The fourth-order valence-electron chi connectivity index (χ4n) is 2.59. The zero-order chi connectivity index (χ0) is 19.4. The van der Waals surface area contributed by atoms with Crippen LogP contribution in [0.3, 0.4) is 0 Å². The van der Waals surface area contributed by atoms with E-state index in [-0.39, 0.29) is 11.2 Å². The second kappa shape index (κ2) is 8.30. The lowest BCUT2D eigenvalue weighted by Gasteiger charge is -2.13. The van der Waals surface area contributed by atoms with Crippen molar-refractivity contribution in [1.29, 1.82) is 0 Å². The minimum atomic E-state index is -0.385. The zero-order valence-corrected chi connectivity index (χ0v) is 16.4. The molecule has 0 aliphatic rings. The summed E-state index contributed by atoms with van der Waals surface area (Å²) in [6.45, 7) is 3.94. The van der Waals surface area contributed by atoms with Gasteiger partial charge in [-0.25, -0.2) is 9.97 Å². The number of hydrogen-bond donors (Lipinski definition) is 0. The lowest BCUT2D eigenvalue weighted by Crippen LogP contribution is -2.17. The van der Waals surface area contributed by atoms with Crippen LogP contribution in [-0.4, -0.2) is 46.4 Å². The van der Waals surface area contributed by atoms with Gasteiger partial charge in [0.15, 0.2) is 16.7 Å². The minimum absolute atomic E-state index is 0.269. The molecule has 8 heteroatoms. The number of thioether (sulfide) groups is 1. The van der Waals surface area contributed by atoms with E-state index in [1.54, 1.807) is 34.3 Å². The van der Waals surface area contributed by atoms with Gasteiger partial charge in [0.25, 0.3) is 0 Å². The monoisotopic (exact) mass is 387 g/mol. The minimum Gasteiger partial charge on any atom is -0.493 e. The Hall–Kier alpha value is -2.74. The van der Waals surface area contributed by atoms with Gasteiger partial charge in [-0.05, 0) is 32.0 Å². The number of carbonyl (C=O) groups excluding carboxylic acids is 1. The van der Waals surface area contributed by atoms with Crippen molar-refractivity contribution < 1.29 is 19.0 Å². The normalized spacial score (nSPS) is 12.0. The first-order valence-corrected chi connectivity index (χ1v) is 9.35. The van der Waals surface area contributed by atoms with Crippen molar-refractivity contribution in [2.45, 2.75) is 24.3 Å². The molecule has 0 N–H and O–H groups in total. The van der Waals surface area contributed by atoms with Gasteiger partial charge < -0.3 is 14.2 Å². The molecule has 0 radical (unpaired) electrons. The van der Waals surface area contributed by atoms with E-state index in [0.717, 1.165) is 16.9 Å². The number of esters is 1. The number of nitrogens with zero attached hydrogens (tertiary/aromatic N) is 3. The summed E-state index contributed by atoms with van der Waals surface area (Å²) in [5.41, 5.74) is 2.34. The van der Waals surface area contributed by atoms with E-state index in [0.29, 0.717) is 23.3 Å². The molecule has 0 aliphatic carbocycles. The number of methoxy groups -OCH3 is 2. The van der Waals surface area contributed by atoms with Crippen LogP contribution in [0.1, 0.15) is 13.8 Å². The molecule has 142 valence electrons. The fourth-order valence-corrected chi connectivity index (χ4v) is 3.49. The summed E-state index contributed by atoms with van der Waals surface area (Å²) in [7, 11) is 3.19. The Balaban J connectivity index is 2.02. The molecule has 0 amide bonds. The number of fused-ring (bicyclic) bond motifs is 1. The summed E-state index contributed by atoms with van der Waals surface area (Å²) >= 11 is 1.33. The van der Waals surface area contributed by atoms with Crippen molar-refractivity contribution in [2.24, 2.45) is 0 Å². The largest absolute Gasteiger partial charge is 0.493 e. The van der Waals surface area contributed by atoms with Gasteiger partial charge >= 0.3 is 5.97 Å². The van der Waals surface area contributed by atoms with Crippen LogP contribution in [0.4, 0.5) is 0 Å². The van der Waals surface area contributed by atoms with Crippen molar-refractivity contribution in [1.82, 2.24) is 14.4 Å². The summed E-state index contributed by atoms with van der Waals surface area (Å²) in [4.78, 5) is 21.1. The molecule has 0 bridgehead atoms. The van der Waals surface area contributed by atoms with Crippen LogP contribution in [0.25, 0.3) is 16.9 Å². The molecule has 1 atom stereocenters. The molecule has 1 aromatic carbocycles. The Morgan fingerprint density at radius 2 is 2.00 bits per heavy atom. The third-order valence-electron chi connectivity index (χ3n) is 3.94. The summed E-state index contributed by atoms with van der Waals surface area (Å²) in [6, 6.07) is 7.50. The smallest absolute Gasteiger partial charge is 0.319 e. The highest BCUT2D eigenvalue weighted by atomic mass is 32.2. The lowest BCUT2D eigenvalue weighted by atomic mass is 10.1. The van der Waals surface area contributed by atoms with Crippen LogP contribution in [0, 0.1) is 0 Å². The molecular weight excluding hydrogens is 366 g/mol. The number of hydrogen-bond acceptors (Lipinski definition) is 7. The number of aromatic nitrogens is 3. The van der Waals surface area contributed by atoms with E-state index in [2.05, 4.69) is 4.98 Å². The van der Waals surface area contributed by atoms with Gasteiger partial charge in [0, 0.05) is 24.0 Å². The summed E-state index contributed by atoms with van der Waals surface area (Å²) in [5, 5.41) is 0.277. The zero-order valence-electron chi connectivity index (χ0n) is 15.6. The molecule has 1 unspecified atom stereocenters. The lowest BCUT2D eigenvalue weighted by molar-refractivity contribution is -0.142. The highest BCUT2D eigenvalue weighted by Crippen LogP contribution is 2.33. The number of ether oxygens (including phenoxy) is 3. The van der Waals surface area contributed by atoms with Crippen molar-refractivity contribution in [3.8, 4) is 22.8 Å². The van der Waals surface area contributed by atoms with Gasteiger partial charge in [-0.3, -0.25) is 9.20 Å². The average molecular weight is 387 g/mol. The maximum atomic E-state index is 12.0. The first-order valence-electron chi connectivity index (χ1n) is 8.47. The number of carbonyl (C=O) groups is 1. The molecule has 2 heterocycles.